The summed E-state index contributed by atoms with van der Waals surface area (Å²) in [6.45, 7) is 11.8. The van der Waals surface area contributed by atoms with Gasteiger partial charge in [-0.2, -0.15) is 0 Å². The summed E-state index contributed by atoms with van der Waals surface area (Å²) in [5.74, 6) is -1.06. The average molecular weight is 663 g/mol. The molecule has 1 heterocycles. The Morgan fingerprint density at radius 2 is 1.65 bits per heavy atom. The van der Waals surface area contributed by atoms with E-state index in [4.69, 9.17) is 18.9 Å². The van der Waals surface area contributed by atoms with Gasteiger partial charge in [0, 0.05) is 11.8 Å². The van der Waals surface area contributed by atoms with Crippen LogP contribution in [0.2, 0.25) is 0 Å². The molecule has 0 saturated carbocycles. The first kappa shape index (κ1) is 37.5. The van der Waals surface area contributed by atoms with Crippen molar-refractivity contribution >= 4 is 29.3 Å². The number of carbonyl (C=O) groups excluding carboxylic acids is 4. The number of nitrogens with zero attached hydrogens (tertiary/aromatic N) is 2. The molecule has 0 radical (unpaired) electrons. The highest BCUT2D eigenvalue weighted by molar-refractivity contribution is 6.02. The zero-order valence-corrected chi connectivity index (χ0v) is 28.9. The molecule has 3 rings (SSSR count). The van der Waals surface area contributed by atoms with Crippen LogP contribution < -0.4 is 15.4 Å². The topological polar surface area (TPSA) is 147 Å². The molecule has 12 nitrogen and oxygen atoms in total. The molecule has 258 valence electrons. The maximum Gasteiger partial charge on any atom is 0.408 e. The first-order valence-electron chi connectivity index (χ1n) is 15.6. The number of amides is 2. The van der Waals surface area contributed by atoms with Gasteiger partial charge >= 0.3 is 12.1 Å². The third-order valence-corrected chi connectivity index (χ3v) is 7.03. The smallest absolute Gasteiger partial charge is 0.408 e. The van der Waals surface area contributed by atoms with Gasteiger partial charge in [-0.25, -0.2) is 14.6 Å². The Hall–Kier alpha value is -4.97. The SMILES string of the molecule is CCOC(=O)C(c1ccccc1OC)n1cnc(C(C)=CC(=O)[C@@H](COCc2ccccc2)NC(=O)C(C)(C)NC(=O)OC(C)(C)C)c1. The van der Waals surface area contributed by atoms with Crippen LogP contribution in [-0.2, 0) is 35.2 Å². The average Bonchev–Trinajstić information content (AvgIpc) is 3.50. The van der Waals surface area contributed by atoms with Gasteiger partial charge in [-0.05, 0) is 71.7 Å². The van der Waals surface area contributed by atoms with E-state index >= 15 is 0 Å². The van der Waals surface area contributed by atoms with Gasteiger partial charge in [-0.3, -0.25) is 9.59 Å². The van der Waals surface area contributed by atoms with E-state index in [0.29, 0.717) is 22.6 Å². The fourth-order valence-corrected chi connectivity index (χ4v) is 4.61. The zero-order chi connectivity index (χ0) is 35.5. The fourth-order valence-electron chi connectivity index (χ4n) is 4.61. The molecular formula is C36H46N4O8. The highest BCUT2D eigenvalue weighted by Gasteiger charge is 2.34. The van der Waals surface area contributed by atoms with Crippen molar-refractivity contribution in [1.29, 1.82) is 0 Å². The van der Waals surface area contributed by atoms with Crippen molar-refractivity contribution < 1.29 is 38.1 Å². The lowest BCUT2D eigenvalue weighted by Gasteiger charge is -2.29. The second kappa shape index (κ2) is 16.7. The van der Waals surface area contributed by atoms with Crippen molar-refractivity contribution in [3.63, 3.8) is 0 Å². The van der Waals surface area contributed by atoms with E-state index < -0.39 is 47.0 Å². The molecule has 12 heteroatoms. The van der Waals surface area contributed by atoms with E-state index in [1.807, 2.05) is 30.3 Å². The van der Waals surface area contributed by atoms with Crippen LogP contribution in [0.15, 0.2) is 73.2 Å². The molecule has 2 atom stereocenters. The number of methoxy groups -OCH3 is 1. The summed E-state index contributed by atoms with van der Waals surface area (Å²) in [5, 5.41) is 5.28. The zero-order valence-electron chi connectivity index (χ0n) is 28.9. The van der Waals surface area contributed by atoms with Crippen molar-refractivity contribution in [2.24, 2.45) is 0 Å². The predicted molar refractivity (Wildman–Crippen MR) is 180 cm³/mol. The van der Waals surface area contributed by atoms with Crippen LogP contribution in [0.1, 0.15) is 71.3 Å². The summed E-state index contributed by atoms with van der Waals surface area (Å²) >= 11 is 0. The number of hydrogen-bond donors (Lipinski definition) is 2. The van der Waals surface area contributed by atoms with Gasteiger partial charge in [-0.1, -0.05) is 48.5 Å². The summed E-state index contributed by atoms with van der Waals surface area (Å²) in [6.07, 6.45) is 3.71. The van der Waals surface area contributed by atoms with Crippen molar-refractivity contribution in [2.75, 3.05) is 20.3 Å². The number of ether oxygens (including phenoxy) is 4. The lowest BCUT2D eigenvalue weighted by Crippen LogP contribution is -2.59. The number of esters is 1. The molecule has 0 spiro atoms. The number of para-hydroxylation sites is 1. The van der Waals surface area contributed by atoms with Crippen LogP contribution in [0.25, 0.3) is 5.57 Å². The Morgan fingerprint density at radius 1 is 0.979 bits per heavy atom. The fraction of sp³-hybridized carbons (Fsp3) is 0.417. The highest BCUT2D eigenvalue weighted by atomic mass is 16.6. The number of hydrogen-bond acceptors (Lipinski definition) is 9. The van der Waals surface area contributed by atoms with Gasteiger partial charge in [0.25, 0.3) is 0 Å². The quantitative estimate of drug-likeness (QED) is 0.169. The molecule has 2 aromatic carbocycles. The van der Waals surface area contributed by atoms with E-state index in [1.54, 1.807) is 69.6 Å². The Balaban J connectivity index is 1.86. The minimum atomic E-state index is -1.42. The van der Waals surface area contributed by atoms with Crippen LogP contribution in [0, 0.1) is 0 Å². The second-order valence-electron chi connectivity index (χ2n) is 12.6. The van der Waals surface area contributed by atoms with Crippen molar-refractivity contribution in [3.8, 4) is 5.75 Å². The Kier molecular flexibility index (Phi) is 13.1. The van der Waals surface area contributed by atoms with E-state index in [0.717, 1.165) is 5.56 Å². The normalized spacial score (nSPS) is 13.2. The minimum absolute atomic E-state index is 0.140. The van der Waals surface area contributed by atoms with Gasteiger partial charge in [-0.15, -0.1) is 0 Å². The van der Waals surface area contributed by atoms with Crippen molar-refractivity contribution in [1.82, 2.24) is 20.2 Å². The number of rotatable bonds is 15. The second-order valence-corrected chi connectivity index (χ2v) is 12.6. The van der Waals surface area contributed by atoms with E-state index in [1.165, 1.54) is 33.4 Å². The molecule has 0 aliphatic rings. The van der Waals surface area contributed by atoms with Crippen molar-refractivity contribution in [2.45, 2.75) is 78.3 Å². The molecule has 1 aromatic heterocycles. The number of ketones is 1. The Labute approximate surface area is 281 Å². The monoisotopic (exact) mass is 662 g/mol. The number of aromatic nitrogens is 2. The van der Waals surface area contributed by atoms with Gasteiger partial charge in [0.05, 0.1) is 39.0 Å². The third kappa shape index (κ3) is 10.8. The molecule has 1 unspecified atom stereocenters. The number of carbonyl (C=O) groups is 4. The number of allylic oxidation sites excluding steroid dienone is 1. The van der Waals surface area contributed by atoms with E-state index in [2.05, 4.69) is 15.6 Å². The maximum absolute atomic E-state index is 13.7. The molecule has 0 aliphatic heterocycles. The van der Waals surface area contributed by atoms with Gasteiger partial charge in [0.1, 0.15) is 22.9 Å². The molecule has 48 heavy (non-hydrogen) atoms. The number of alkyl carbamates (subject to hydrolysis) is 1. The first-order valence-corrected chi connectivity index (χ1v) is 15.6. The van der Waals surface area contributed by atoms with Crippen LogP contribution in [0.5, 0.6) is 5.75 Å². The van der Waals surface area contributed by atoms with Crippen LogP contribution in [-0.4, -0.2) is 70.8 Å². The first-order chi connectivity index (χ1) is 22.6. The summed E-state index contributed by atoms with van der Waals surface area (Å²) in [4.78, 5) is 57.0. The summed E-state index contributed by atoms with van der Waals surface area (Å²) in [6, 6.07) is 14.5. The van der Waals surface area contributed by atoms with Gasteiger partial charge in [0.2, 0.25) is 5.91 Å². The van der Waals surface area contributed by atoms with Crippen LogP contribution in [0.4, 0.5) is 4.79 Å². The van der Waals surface area contributed by atoms with Gasteiger partial charge < -0.3 is 34.1 Å². The summed E-state index contributed by atoms with van der Waals surface area (Å²) in [7, 11) is 1.52. The predicted octanol–water partition coefficient (Wildman–Crippen LogP) is 5.02. The molecule has 2 amide bonds. The Morgan fingerprint density at radius 3 is 2.29 bits per heavy atom. The van der Waals surface area contributed by atoms with Crippen LogP contribution in [0.3, 0.4) is 0 Å². The lowest BCUT2D eigenvalue weighted by molar-refractivity contribution is -0.145. The van der Waals surface area contributed by atoms with E-state index in [9.17, 15) is 19.2 Å². The van der Waals surface area contributed by atoms with Crippen LogP contribution >= 0.6 is 0 Å². The summed E-state index contributed by atoms with van der Waals surface area (Å²) < 4.78 is 23.6. The highest BCUT2D eigenvalue weighted by Crippen LogP contribution is 2.30. The van der Waals surface area contributed by atoms with Gasteiger partial charge in [0.15, 0.2) is 11.8 Å². The molecule has 0 bridgehead atoms. The molecule has 3 aromatic rings. The molecule has 0 fully saturated rings. The maximum atomic E-state index is 13.7. The molecular weight excluding hydrogens is 616 g/mol. The van der Waals surface area contributed by atoms with E-state index in [-0.39, 0.29) is 19.8 Å². The minimum Gasteiger partial charge on any atom is -0.496 e. The van der Waals surface area contributed by atoms with Crippen molar-refractivity contribution in [3.05, 3.63) is 90.0 Å². The third-order valence-electron chi connectivity index (χ3n) is 7.03. The number of nitrogens with one attached hydrogen (secondary N) is 2. The number of benzene rings is 2. The molecule has 2 N–H and O–H groups in total. The Bertz CT molecular complexity index is 1590. The largest absolute Gasteiger partial charge is 0.496 e. The molecule has 0 saturated heterocycles. The lowest BCUT2D eigenvalue weighted by atomic mass is 10.0. The standard InChI is InChI=1S/C36H46N4O8/c1-9-47-32(42)31(26-17-13-14-18-30(26)45-8)40-20-27(37-23-40)24(2)19-29(41)28(22-46-21-25-15-11-10-12-16-25)38-33(43)36(6,7)39-34(44)48-35(3,4)5/h10-20,23,28,31H,9,21-22H2,1-8H3,(H,38,43)(H,39,44)/t28-,31?/m1/s1. The number of imidazole rings is 1. The molecule has 0 aliphatic carbocycles. The summed E-state index contributed by atoms with van der Waals surface area (Å²) in [5.41, 5.74) is 0.202.